The third-order valence-electron chi connectivity index (χ3n) is 4.00. The van der Waals surface area contributed by atoms with E-state index in [2.05, 4.69) is 30.3 Å². The summed E-state index contributed by atoms with van der Waals surface area (Å²) in [4.78, 5) is 0. The highest BCUT2D eigenvalue weighted by molar-refractivity contribution is 5.14. The second-order valence-corrected chi connectivity index (χ2v) is 5.34. The molecule has 0 saturated heterocycles. The molecule has 1 heteroatoms. The lowest BCUT2D eigenvalue weighted by Gasteiger charge is -2.26. The van der Waals surface area contributed by atoms with E-state index >= 15 is 0 Å². The third-order valence-corrected chi connectivity index (χ3v) is 4.00. The van der Waals surface area contributed by atoms with Crippen LogP contribution < -0.4 is 0 Å². The molecule has 0 amide bonds. The van der Waals surface area contributed by atoms with Crippen molar-refractivity contribution >= 4 is 0 Å². The number of aryl methyl sites for hydroxylation is 1. The standard InChI is InChI=1S/C16H24O/c17-16(15-11-5-2-6-12-15)13-7-10-14-8-3-1-4-9-14/h1,3-4,8-9,15-17H,2,5-7,10-13H2. The van der Waals surface area contributed by atoms with E-state index in [1.165, 1.54) is 37.7 Å². The Bertz CT molecular complexity index is 301. The average Bonchev–Trinajstić information content (AvgIpc) is 2.41. The lowest BCUT2D eigenvalue weighted by atomic mass is 9.83. The van der Waals surface area contributed by atoms with Gasteiger partial charge >= 0.3 is 0 Å². The molecule has 1 aliphatic carbocycles. The van der Waals surface area contributed by atoms with Gasteiger partial charge in [0, 0.05) is 0 Å². The molecule has 0 radical (unpaired) electrons. The lowest BCUT2D eigenvalue weighted by Crippen LogP contribution is -2.22. The van der Waals surface area contributed by atoms with Crippen LogP contribution in [0, 0.1) is 5.92 Å². The molecule has 0 aromatic heterocycles. The molecule has 1 aromatic carbocycles. The van der Waals surface area contributed by atoms with Crippen molar-refractivity contribution in [3.8, 4) is 0 Å². The van der Waals surface area contributed by atoms with Crippen LogP contribution in [0.4, 0.5) is 0 Å². The number of rotatable bonds is 5. The summed E-state index contributed by atoms with van der Waals surface area (Å²) in [5, 5.41) is 10.2. The molecule has 94 valence electrons. The van der Waals surface area contributed by atoms with Gasteiger partial charge in [-0.15, -0.1) is 0 Å². The van der Waals surface area contributed by atoms with Crippen LogP contribution in [0.5, 0.6) is 0 Å². The molecule has 17 heavy (non-hydrogen) atoms. The van der Waals surface area contributed by atoms with Crippen molar-refractivity contribution in [2.45, 2.75) is 57.5 Å². The first-order chi connectivity index (χ1) is 8.36. The first-order valence-corrected chi connectivity index (χ1v) is 7.08. The number of benzene rings is 1. The maximum atomic E-state index is 10.2. The van der Waals surface area contributed by atoms with Crippen molar-refractivity contribution in [2.24, 2.45) is 5.92 Å². The fraction of sp³-hybridized carbons (Fsp3) is 0.625. The number of aliphatic hydroxyl groups is 1. The lowest BCUT2D eigenvalue weighted by molar-refractivity contribution is 0.0755. The van der Waals surface area contributed by atoms with Crippen molar-refractivity contribution in [3.63, 3.8) is 0 Å². The Morgan fingerprint density at radius 3 is 2.47 bits per heavy atom. The molecule has 1 unspecified atom stereocenters. The van der Waals surface area contributed by atoms with Gasteiger partial charge in [-0.2, -0.15) is 0 Å². The van der Waals surface area contributed by atoms with Gasteiger partial charge in [-0.1, -0.05) is 49.6 Å². The predicted molar refractivity (Wildman–Crippen MR) is 72.0 cm³/mol. The van der Waals surface area contributed by atoms with Crippen LogP contribution in [-0.4, -0.2) is 11.2 Å². The van der Waals surface area contributed by atoms with Crippen molar-refractivity contribution in [3.05, 3.63) is 35.9 Å². The third kappa shape index (κ3) is 4.16. The zero-order valence-electron chi connectivity index (χ0n) is 10.6. The number of hydrogen-bond acceptors (Lipinski definition) is 1. The second kappa shape index (κ2) is 6.80. The molecule has 1 nitrogen and oxygen atoms in total. The van der Waals surface area contributed by atoms with Crippen LogP contribution in [0.1, 0.15) is 50.5 Å². The van der Waals surface area contributed by atoms with Gasteiger partial charge in [-0.3, -0.25) is 0 Å². The summed E-state index contributed by atoms with van der Waals surface area (Å²) in [6.45, 7) is 0. The topological polar surface area (TPSA) is 20.2 Å². The SMILES string of the molecule is OC(CCCc1ccccc1)C1CCCCC1. The summed E-state index contributed by atoms with van der Waals surface area (Å²) in [5.74, 6) is 0.583. The van der Waals surface area contributed by atoms with Gasteiger partial charge in [0.05, 0.1) is 6.10 Å². The summed E-state index contributed by atoms with van der Waals surface area (Å²) in [6.07, 6.45) is 9.62. The van der Waals surface area contributed by atoms with Crippen molar-refractivity contribution < 1.29 is 5.11 Å². The quantitative estimate of drug-likeness (QED) is 0.815. The van der Waals surface area contributed by atoms with Crippen LogP contribution in [0.25, 0.3) is 0 Å². The summed E-state index contributed by atoms with van der Waals surface area (Å²) in [6, 6.07) is 10.6. The molecule has 1 saturated carbocycles. The first kappa shape index (κ1) is 12.6. The second-order valence-electron chi connectivity index (χ2n) is 5.34. The van der Waals surface area contributed by atoms with Gasteiger partial charge in [-0.25, -0.2) is 0 Å². The monoisotopic (exact) mass is 232 g/mol. The minimum atomic E-state index is -0.0565. The Labute approximate surface area is 105 Å². The van der Waals surface area contributed by atoms with E-state index in [4.69, 9.17) is 0 Å². The zero-order chi connectivity index (χ0) is 11.9. The molecule has 1 aromatic rings. The normalized spacial score (nSPS) is 19.1. The Hall–Kier alpha value is -0.820. The van der Waals surface area contributed by atoms with Crippen molar-refractivity contribution in [1.29, 1.82) is 0 Å². The minimum absolute atomic E-state index is 0.0565. The van der Waals surface area contributed by atoms with Crippen molar-refractivity contribution in [1.82, 2.24) is 0 Å². The molecule has 0 heterocycles. The summed E-state index contributed by atoms with van der Waals surface area (Å²) >= 11 is 0. The van der Waals surface area contributed by atoms with E-state index in [1.807, 2.05) is 0 Å². The van der Waals surface area contributed by atoms with Gasteiger partial charge in [0.2, 0.25) is 0 Å². The Morgan fingerprint density at radius 2 is 1.76 bits per heavy atom. The molecular formula is C16H24O. The minimum Gasteiger partial charge on any atom is -0.393 e. The number of hydrogen-bond donors (Lipinski definition) is 1. The van der Waals surface area contributed by atoms with E-state index in [0.717, 1.165) is 19.3 Å². The molecule has 0 bridgehead atoms. The molecule has 1 aliphatic rings. The van der Waals surface area contributed by atoms with Crippen LogP contribution in [0.2, 0.25) is 0 Å². The van der Waals surface area contributed by atoms with Gasteiger partial charge in [-0.05, 0) is 43.6 Å². The Balaban J connectivity index is 1.67. The molecule has 1 fully saturated rings. The summed E-state index contributed by atoms with van der Waals surface area (Å²) < 4.78 is 0. The van der Waals surface area contributed by atoms with Gasteiger partial charge in [0.15, 0.2) is 0 Å². The van der Waals surface area contributed by atoms with Crippen molar-refractivity contribution in [2.75, 3.05) is 0 Å². The summed E-state index contributed by atoms with van der Waals surface area (Å²) in [7, 11) is 0. The predicted octanol–water partition coefficient (Wildman–Crippen LogP) is 3.95. The molecular weight excluding hydrogens is 208 g/mol. The van der Waals surface area contributed by atoms with Gasteiger partial charge in [0.1, 0.15) is 0 Å². The zero-order valence-corrected chi connectivity index (χ0v) is 10.6. The van der Waals surface area contributed by atoms with Crippen LogP contribution in [0.15, 0.2) is 30.3 Å². The highest BCUT2D eigenvalue weighted by atomic mass is 16.3. The maximum absolute atomic E-state index is 10.2. The van der Waals surface area contributed by atoms with Crippen LogP contribution in [0.3, 0.4) is 0 Å². The van der Waals surface area contributed by atoms with Gasteiger partial charge < -0.3 is 5.11 Å². The molecule has 2 rings (SSSR count). The fourth-order valence-electron chi connectivity index (χ4n) is 2.91. The number of aliphatic hydroxyl groups excluding tert-OH is 1. The van der Waals surface area contributed by atoms with Crippen LogP contribution >= 0.6 is 0 Å². The molecule has 1 atom stereocenters. The largest absolute Gasteiger partial charge is 0.393 e. The maximum Gasteiger partial charge on any atom is 0.0568 e. The first-order valence-electron chi connectivity index (χ1n) is 7.08. The van der Waals surface area contributed by atoms with Gasteiger partial charge in [0.25, 0.3) is 0 Å². The molecule has 1 N–H and O–H groups in total. The Morgan fingerprint density at radius 1 is 1.06 bits per heavy atom. The summed E-state index contributed by atoms with van der Waals surface area (Å²) in [5.41, 5.74) is 1.39. The van der Waals surface area contributed by atoms with E-state index in [1.54, 1.807) is 0 Å². The molecule has 0 spiro atoms. The van der Waals surface area contributed by atoms with Crippen LogP contribution in [-0.2, 0) is 6.42 Å². The average molecular weight is 232 g/mol. The molecule has 0 aliphatic heterocycles. The highest BCUT2D eigenvalue weighted by Gasteiger charge is 2.20. The highest BCUT2D eigenvalue weighted by Crippen LogP contribution is 2.28. The van der Waals surface area contributed by atoms with E-state index < -0.39 is 0 Å². The fourth-order valence-corrected chi connectivity index (χ4v) is 2.91. The smallest absolute Gasteiger partial charge is 0.0568 e. The van der Waals surface area contributed by atoms with E-state index in [-0.39, 0.29) is 6.10 Å². The Kier molecular flexibility index (Phi) is 5.06. The van der Waals surface area contributed by atoms with E-state index in [0.29, 0.717) is 5.92 Å². The van der Waals surface area contributed by atoms with E-state index in [9.17, 15) is 5.11 Å².